The third-order valence-corrected chi connectivity index (χ3v) is 8.42. The predicted octanol–water partition coefficient (Wildman–Crippen LogP) is 2.09. The molecule has 12 heteroatoms. The lowest BCUT2D eigenvalue weighted by atomic mass is 10.0. The van der Waals surface area contributed by atoms with Crippen LogP contribution in [0.2, 0.25) is 0 Å². The number of aromatic nitrogens is 3. The molecule has 1 fully saturated rings. The Balaban J connectivity index is 1.45. The number of nitrogens with two attached hydrogens (primary N) is 1. The summed E-state index contributed by atoms with van der Waals surface area (Å²) >= 11 is 1.49. The second kappa shape index (κ2) is 8.58. The topological polar surface area (TPSA) is 126 Å². The summed E-state index contributed by atoms with van der Waals surface area (Å²) in [6.07, 6.45) is 6.67. The standard InChI is InChI=1S/C22H27N7O3S2/c1-14-5-6-19(33-14)22(30)26-16-4-3-8-27(12-16)18-10-17(29-20(18)21(23)24-13-25-29)15-7-9-28(11-15)34(2,31)32/h5-6,10-11,13,16H,3-4,7-9,12H2,1-2H3,(H,26,30)(H2,23,24,25)/t16-/m1/s1. The van der Waals surface area contributed by atoms with Gasteiger partial charge in [0.2, 0.25) is 10.0 Å². The maximum Gasteiger partial charge on any atom is 0.261 e. The molecule has 3 aromatic rings. The van der Waals surface area contributed by atoms with E-state index in [0.717, 1.165) is 41.2 Å². The monoisotopic (exact) mass is 501 g/mol. The minimum atomic E-state index is -3.32. The lowest BCUT2D eigenvalue weighted by molar-refractivity contribution is 0.0937. The largest absolute Gasteiger partial charge is 0.382 e. The molecule has 0 aromatic carbocycles. The van der Waals surface area contributed by atoms with Gasteiger partial charge in [-0.2, -0.15) is 5.10 Å². The van der Waals surface area contributed by atoms with Gasteiger partial charge in [0.1, 0.15) is 11.8 Å². The Bertz CT molecular complexity index is 1390. The second-order valence-electron chi connectivity index (χ2n) is 8.77. The average molecular weight is 502 g/mol. The van der Waals surface area contributed by atoms with Crippen LogP contribution in [-0.4, -0.2) is 65.2 Å². The number of sulfonamides is 1. The van der Waals surface area contributed by atoms with Gasteiger partial charge in [-0.15, -0.1) is 11.3 Å². The van der Waals surface area contributed by atoms with E-state index in [2.05, 4.69) is 20.3 Å². The molecule has 2 aliphatic rings. The first-order valence-corrected chi connectivity index (χ1v) is 13.8. The molecule has 0 radical (unpaired) electrons. The van der Waals surface area contributed by atoms with E-state index in [1.807, 2.05) is 25.1 Å². The third-order valence-electron chi connectivity index (χ3n) is 6.28. The first-order valence-electron chi connectivity index (χ1n) is 11.1. The molecule has 0 bridgehead atoms. The molecule has 3 N–H and O–H groups in total. The lowest BCUT2D eigenvalue weighted by Crippen LogP contribution is -2.47. The van der Waals surface area contributed by atoms with Crippen LogP contribution < -0.4 is 16.0 Å². The highest BCUT2D eigenvalue weighted by atomic mass is 32.2. The molecule has 180 valence electrons. The predicted molar refractivity (Wildman–Crippen MR) is 133 cm³/mol. The SMILES string of the molecule is Cc1ccc(C(=O)N[C@@H]2CCCN(c3cc(C4=CN(S(C)(=O)=O)CC4)n4ncnc(N)c34)C2)s1. The summed E-state index contributed by atoms with van der Waals surface area (Å²) in [6, 6.07) is 5.81. The van der Waals surface area contributed by atoms with Crippen LogP contribution in [0.5, 0.6) is 0 Å². The zero-order valence-electron chi connectivity index (χ0n) is 19.1. The Hall–Kier alpha value is -3.12. The zero-order chi connectivity index (χ0) is 24.0. The van der Waals surface area contributed by atoms with Crippen molar-refractivity contribution in [3.8, 4) is 0 Å². The molecule has 34 heavy (non-hydrogen) atoms. The smallest absolute Gasteiger partial charge is 0.261 e. The molecule has 2 aliphatic heterocycles. The van der Waals surface area contributed by atoms with Gasteiger partial charge >= 0.3 is 0 Å². The molecule has 3 aromatic heterocycles. The van der Waals surface area contributed by atoms with Crippen LogP contribution in [0.3, 0.4) is 0 Å². The quantitative estimate of drug-likeness (QED) is 0.548. The highest BCUT2D eigenvalue weighted by Crippen LogP contribution is 2.36. The van der Waals surface area contributed by atoms with Gasteiger partial charge < -0.3 is 16.0 Å². The van der Waals surface area contributed by atoms with Crippen LogP contribution in [0.4, 0.5) is 11.5 Å². The maximum atomic E-state index is 12.7. The van der Waals surface area contributed by atoms with Gasteiger partial charge in [-0.05, 0) is 50.0 Å². The minimum Gasteiger partial charge on any atom is -0.382 e. The molecular formula is C22H27N7O3S2. The summed E-state index contributed by atoms with van der Waals surface area (Å²) in [5, 5.41) is 7.59. The molecule has 0 unspecified atom stereocenters. The molecule has 1 saturated heterocycles. The van der Waals surface area contributed by atoms with Crippen LogP contribution in [0.25, 0.3) is 11.1 Å². The average Bonchev–Trinajstić information content (AvgIpc) is 3.52. The summed E-state index contributed by atoms with van der Waals surface area (Å²) in [5.41, 5.74) is 9.52. The number of piperidine rings is 1. The maximum absolute atomic E-state index is 12.7. The van der Waals surface area contributed by atoms with E-state index >= 15 is 0 Å². The second-order valence-corrected chi connectivity index (χ2v) is 12.0. The number of fused-ring (bicyclic) bond motifs is 1. The summed E-state index contributed by atoms with van der Waals surface area (Å²) < 4.78 is 27.1. The number of nitrogen functional groups attached to an aromatic ring is 1. The Morgan fingerprint density at radius 3 is 2.82 bits per heavy atom. The molecule has 0 saturated carbocycles. The van der Waals surface area contributed by atoms with Gasteiger partial charge in [0.25, 0.3) is 5.91 Å². The van der Waals surface area contributed by atoms with Crippen molar-refractivity contribution >= 4 is 49.9 Å². The fraction of sp³-hybridized carbons (Fsp3) is 0.409. The number of carbonyl (C=O) groups is 1. The van der Waals surface area contributed by atoms with Crippen LogP contribution in [-0.2, 0) is 10.0 Å². The minimum absolute atomic E-state index is 0.000617. The van der Waals surface area contributed by atoms with Crippen LogP contribution in [0.15, 0.2) is 30.7 Å². The molecule has 1 amide bonds. The number of nitrogens with zero attached hydrogens (tertiary/aromatic N) is 5. The Kier molecular flexibility index (Phi) is 5.72. The van der Waals surface area contributed by atoms with E-state index in [9.17, 15) is 13.2 Å². The van der Waals surface area contributed by atoms with E-state index in [1.165, 1.54) is 28.2 Å². The van der Waals surface area contributed by atoms with Crippen LogP contribution in [0, 0.1) is 6.92 Å². The molecule has 0 aliphatic carbocycles. The van der Waals surface area contributed by atoms with E-state index < -0.39 is 10.0 Å². The Morgan fingerprint density at radius 1 is 1.29 bits per heavy atom. The molecule has 5 heterocycles. The number of carbonyl (C=O) groups excluding carboxylic acids is 1. The van der Waals surface area contributed by atoms with Crippen molar-refractivity contribution in [2.24, 2.45) is 0 Å². The fourth-order valence-electron chi connectivity index (χ4n) is 4.63. The van der Waals surface area contributed by atoms with Crippen molar-refractivity contribution in [2.75, 3.05) is 36.5 Å². The van der Waals surface area contributed by atoms with Crippen molar-refractivity contribution in [1.82, 2.24) is 24.2 Å². The third kappa shape index (κ3) is 4.23. The van der Waals surface area contributed by atoms with E-state index in [0.29, 0.717) is 35.7 Å². The van der Waals surface area contributed by atoms with Crippen LogP contribution >= 0.6 is 11.3 Å². The Labute approximate surface area is 202 Å². The van der Waals surface area contributed by atoms with Crippen molar-refractivity contribution in [1.29, 1.82) is 0 Å². The van der Waals surface area contributed by atoms with Crippen molar-refractivity contribution in [2.45, 2.75) is 32.2 Å². The normalized spacial score (nSPS) is 19.0. The van der Waals surface area contributed by atoms with E-state index in [-0.39, 0.29) is 11.9 Å². The van der Waals surface area contributed by atoms with E-state index in [1.54, 1.807) is 10.7 Å². The summed E-state index contributed by atoms with van der Waals surface area (Å²) in [7, 11) is -3.32. The van der Waals surface area contributed by atoms with Gasteiger partial charge in [-0.3, -0.25) is 9.10 Å². The summed E-state index contributed by atoms with van der Waals surface area (Å²) in [6.45, 7) is 3.84. The summed E-state index contributed by atoms with van der Waals surface area (Å²) in [5.74, 6) is 0.308. The lowest BCUT2D eigenvalue weighted by Gasteiger charge is -2.34. The van der Waals surface area contributed by atoms with Crippen molar-refractivity contribution < 1.29 is 13.2 Å². The molecule has 1 atom stereocenters. The highest BCUT2D eigenvalue weighted by molar-refractivity contribution is 7.88. The summed E-state index contributed by atoms with van der Waals surface area (Å²) in [4.78, 5) is 20.9. The Morgan fingerprint density at radius 2 is 2.12 bits per heavy atom. The number of thiophene rings is 1. The first-order chi connectivity index (χ1) is 16.2. The number of rotatable bonds is 5. The number of nitrogens with one attached hydrogen (secondary N) is 1. The number of hydrogen-bond acceptors (Lipinski definition) is 8. The number of amides is 1. The van der Waals surface area contributed by atoms with Gasteiger partial charge in [-0.25, -0.2) is 17.9 Å². The number of anilines is 2. The van der Waals surface area contributed by atoms with Crippen molar-refractivity contribution in [3.63, 3.8) is 0 Å². The zero-order valence-corrected chi connectivity index (χ0v) is 20.7. The van der Waals surface area contributed by atoms with Gasteiger partial charge in [0, 0.05) is 36.8 Å². The first kappa shape index (κ1) is 22.7. The molecule has 5 rings (SSSR count). The number of aryl methyl sites for hydroxylation is 1. The molecular weight excluding hydrogens is 474 g/mol. The van der Waals surface area contributed by atoms with Gasteiger partial charge in [0.15, 0.2) is 5.82 Å². The van der Waals surface area contributed by atoms with E-state index in [4.69, 9.17) is 5.73 Å². The van der Waals surface area contributed by atoms with Crippen molar-refractivity contribution in [3.05, 3.63) is 46.2 Å². The fourth-order valence-corrected chi connectivity index (χ4v) is 6.15. The number of hydrogen-bond donors (Lipinski definition) is 2. The molecule has 10 nitrogen and oxygen atoms in total. The van der Waals surface area contributed by atoms with Gasteiger partial charge in [0.05, 0.1) is 22.5 Å². The van der Waals surface area contributed by atoms with Gasteiger partial charge in [-0.1, -0.05) is 0 Å². The van der Waals surface area contributed by atoms with Crippen LogP contribution in [0.1, 0.15) is 39.5 Å². The highest BCUT2D eigenvalue weighted by Gasteiger charge is 2.29. The molecule has 0 spiro atoms.